The van der Waals surface area contributed by atoms with E-state index in [9.17, 15) is 18.8 Å². The number of thiophene rings is 1. The molecule has 0 saturated carbocycles. The van der Waals surface area contributed by atoms with E-state index < -0.39 is 6.43 Å². The molecule has 186 valence electrons. The first kappa shape index (κ1) is 26.7. The number of carbonyl (C=O) groups is 1. The van der Waals surface area contributed by atoms with Crippen molar-refractivity contribution in [2.24, 2.45) is 0 Å². The van der Waals surface area contributed by atoms with Gasteiger partial charge in [0.25, 0.3) is 6.43 Å². The van der Waals surface area contributed by atoms with E-state index in [2.05, 4.69) is 27.0 Å². The lowest BCUT2D eigenvalue weighted by Crippen LogP contribution is -1.99. The second-order valence-electron chi connectivity index (χ2n) is 7.74. The molecule has 4 nitrogen and oxygen atoms in total. The van der Waals surface area contributed by atoms with Crippen molar-refractivity contribution in [3.05, 3.63) is 104 Å². The fraction of sp³-hybridized carbons (Fsp3) is 0.107. The molecule has 2 aromatic carbocycles. The van der Waals surface area contributed by atoms with Gasteiger partial charge in [-0.1, -0.05) is 42.5 Å². The summed E-state index contributed by atoms with van der Waals surface area (Å²) in [6.07, 6.45) is 0.442. The Bertz CT molecular complexity index is 1500. The lowest BCUT2D eigenvalue weighted by Gasteiger charge is -2.13. The van der Waals surface area contributed by atoms with Crippen LogP contribution in [0.3, 0.4) is 0 Å². The molecule has 0 aliphatic heterocycles. The highest BCUT2D eigenvalue weighted by atomic mass is 79.9. The third kappa shape index (κ3) is 6.52. The Morgan fingerprint density at radius 1 is 1.22 bits per heavy atom. The number of hydrogen-bond donors (Lipinski definition) is 0. The summed E-state index contributed by atoms with van der Waals surface area (Å²) in [7, 11) is 1.54. The molecule has 4 aromatic rings. The van der Waals surface area contributed by atoms with Crippen molar-refractivity contribution in [2.75, 3.05) is 7.11 Å². The zero-order valence-corrected chi connectivity index (χ0v) is 22.7. The van der Waals surface area contributed by atoms with Crippen LogP contribution >= 0.6 is 39.0 Å². The van der Waals surface area contributed by atoms with Crippen molar-refractivity contribution >= 4 is 50.9 Å². The average molecular weight is 598 g/mol. The number of thioether (sulfide) groups is 1. The lowest BCUT2D eigenvalue weighted by atomic mass is 10.0. The highest BCUT2D eigenvalue weighted by Crippen LogP contribution is 2.36. The number of ether oxygens (including phenoxy) is 1. The van der Waals surface area contributed by atoms with Crippen LogP contribution in [0.15, 0.2) is 81.6 Å². The summed E-state index contributed by atoms with van der Waals surface area (Å²) in [5.41, 5.74) is 2.48. The summed E-state index contributed by atoms with van der Waals surface area (Å²) in [6, 6.07) is 19.6. The largest absolute Gasteiger partial charge is 0.496 e. The van der Waals surface area contributed by atoms with Gasteiger partial charge in [0.15, 0.2) is 5.78 Å². The van der Waals surface area contributed by atoms with Crippen LogP contribution in [0, 0.1) is 11.3 Å². The molecule has 0 radical (unpaired) electrons. The van der Waals surface area contributed by atoms with E-state index in [4.69, 9.17) is 4.74 Å². The Labute approximate surface area is 229 Å². The number of allylic oxidation sites excluding steroid dienone is 1. The maximum Gasteiger partial charge on any atom is 0.280 e. The summed E-state index contributed by atoms with van der Waals surface area (Å²) >= 11 is 5.89. The quantitative estimate of drug-likeness (QED) is 0.110. The lowest BCUT2D eigenvalue weighted by molar-refractivity contribution is 0.105. The predicted molar refractivity (Wildman–Crippen MR) is 147 cm³/mol. The monoisotopic (exact) mass is 596 g/mol. The Morgan fingerprint density at radius 2 is 2.00 bits per heavy atom. The second kappa shape index (κ2) is 12.3. The number of alkyl halides is 2. The molecule has 37 heavy (non-hydrogen) atoms. The predicted octanol–water partition coefficient (Wildman–Crippen LogP) is 8.58. The number of carbonyl (C=O) groups excluding carboxylic acids is 1. The first-order chi connectivity index (χ1) is 17.9. The minimum Gasteiger partial charge on any atom is -0.496 e. The fourth-order valence-electron chi connectivity index (χ4n) is 3.57. The van der Waals surface area contributed by atoms with Gasteiger partial charge in [-0.15, -0.1) is 23.1 Å². The molecule has 0 fully saturated rings. The zero-order valence-electron chi connectivity index (χ0n) is 19.5. The Hall–Kier alpha value is -3.32. The van der Waals surface area contributed by atoms with Crippen LogP contribution in [0.5, 0.6) is 5.75 Å². The van der Waals surface area contributed by atoms with Gasteiger partial charge < -0.3 is 4.74 Å². The molecule has 2 aromatic heterocycles. The summed E-state index contributed by atoms with van der Waals surface area (Å²) in [4.78, 5) is 17.2. The average Bonchev–Trinajstić information content (AvgIpc) is 3.36. The van der Waals surface area contributed by atoms with Crippen LogP contribution < -0.4 is 4.74 Å². The van der Waals surface area contributed by atoms with Gasteiger partial charge in [0, 0.05) is 26.7 Å². The molecular weight excluding hydrogens is 578 g/mol. The topological polar surface area (TPSA) is 63.0 Å². The number of nitriles is 1. The fourth-order valence-corrected chi connectivity index (χ4v) is 5.90. The van der Waals surface area contributed by atoms with E-state index in [1.807, 2.05) is 23.6 Å². The summed E-state index contributed by atoms with van der Waals surface area (Å²) < 4.78 is 33.7. The highest BCUT2D eigenvalue weighted by molar-refractivity contribution is 9.10. The number of methoxy groups -OCH3 is 1. The molecule has 0 aliphatic carbocycles. The third-order valence-corrected chi connectivity index (χ3v) is 8.06. The van der Waals surface area contributed by atoms with E-state index in [1.165, 1.54) is 35.2 Å². The number of rotatable bonds is 9. The molecule has 0 bridgehead atoms. The number of benzene rings is 2. The third-order valence-electron chi connectivity index (χ3n) is 5.33. The van der Waals surface area contributed by atoms with Gasteiger partial charge in [-0.3, -0.25) is 4.79 Å². The van der Waals surface area contributed by atoms with Crippen molar-refractivity contribution in [3.63, 3.8) is 0 Å². The Balaban J connectivity index is 1.63. The van der Waals surface area contributed by atoms with Crippen LogP contribution in [-0.2, 0) is 5.75 Å². The normalized spacial score (nSPS) is 11.1. The van der Waals surface area contributed by atoms with Gasteiger partial charge >= 0.3 is 0 Å². The molecule has 9 heteroatoms. The molecule has 2 heterocycles. The van der Waals surface area contributed by atoms with Crippen molar-refractivity contribution in [2.45, 2.75) is 17.2 Å². The Kier molecular flexibility index (Phi) is 8.87. The smallest absolute Gasteiger partial charge is 0.280 e. The van der Waals surface area contributed by atoms with E-state index in [-0.39, 0.29) is 22.1 Å². The molecular formula is C28H19BrF2N2O2S2. The van der Waals surface area contributed by atoms with E-state index in [1.54, 1.807) is 49.6 Å². The molecule has 0 spiro atoms. The van der Waals surface area contributed by atoms with Crippen molar-refractivity contribution in [1.29, 1.82) is 5.26 Å². The van der Waals surface area contributed by atoms with Gasteiger partial charge in [-0.2, -0.15) is 5.26 Å². The molecule has 4 rings (SSSR count). The number of aromatic nitrogens is 1. The van der Waals surface area contributed by atoms with Crippen LogP contribution in [0.4, 0.5) is 8.78 Å². The molecule has 0 aliphatic rings. The minimum absolute atomic E-state index is 0.109. The van der Waals surface area contributed by atoms with Crippen LogP contribution in [0.25, 0.3) is 17.2 Å². The van der Waals surface area contributed by atoms with Gasteiger partial charge in [0.1, 0.15) is 22.5 Å². The SMILES string of the molecule is COc1ccc(/C=C/C(=O)c2cc(Br)cs2)cc1CSc1nc(C(F)F)cc(-c2ccccc2)c1C#N. The molecule has 0 amide bonds. The first-order valence-corrected chi connectivity index (χ1v) is 13.6. The maximum absolute atomic E-state index is 13.7. The summed E-state index contributed by atoms with van der Waals surface area (Å²) in [5.74, 6) is 0.812. The Morgan fingerprint density at radius 3 is 2.65 bits per heavy atom. The molecule has 0 saturated heterocycles. The number of halogens is 3. The minimum atomic E-state index is -2.78. The molecule has 0 atom stereocenters. The molecule has 0 unspecified atom stereocenters. The number of pyridine rings is 1. The van der Waals surface area contributed by atoms with Crippen molar-refractivity contribution < 1.29 is 18.3 Å². The zero-order chi connectivity index (χ0) is 26.4. The van der Waals surface area contributed by atoms with Gasteiger partial charge in [0.2, 0.25) is 0 Å². The maximum atomic E-state index is 13.7. The van der Waals surface area contributed by atoms with E-state index >= 15 is 0 Å². The van der Waals surface area contributed by atoms with Crippen LogP contribution in [0.1, 0.15) is 38.5 Å². The first-order valence-electron chi connectivity index (χ1n) is 10.9. The van der Waals surface area contributed by atoms with Gasteiger partial charge in [0.05, 0.1) is 17.6 Å². The van der Waals surface area contributed by atoms with E-state index in [0.717, 1.165) is 15.6 Å². The van der Waals surface area contributed by atoms with Crippen molar-refractivity contribution in [3.8, 4) is 22.9 Å². The van der Waals surface area contributed by atoms with Crippen LogP contribution in [-0.4, -0.2) is 17.9 Å². The second-order valence-corrected chi connectivity index (χ2v) is 10.5. The van der Waals surface area contributed by atoms with Gasteiger partial charge in [-0.05, 0) is 57.4 Å². The van der Waals surface area contributed by atoms with E-state index in [0.29, 0.717) is 27.5 Å². The number of nitrogens with zero attached hydrogens (tertiary/aromatic N) is 2. The van der Waals surface area contributed by atoms with Gasteiger partial charge in [-0.25, -0.2) is 13.8 Å². The number of ketones is 1. The standard InChI is InChI=1S/C28H19BrF2N2O2S2/c1-35-25-10-8-17(7-9-24(34)26-12-20(29)16-36-26)11-19(25)15-37-28-22(14-32)21(13-23(33-28)27(30)31)18-5-3-2-4-6-18/h2-13,16,27H,15H2,1H3/b9-7+. The summed E-state index contributed by atoms with van der Waals surface area (Å²) in [5, 5.41) is 12.0. The highest BCUT2D eigenvalue weighted by Gasteiger charge is 2.19. The van der Waals surface area contributed by atoms with Crippen molar-refractivity contribution in [1.82, 2.24) is 4.98 Å². The number of hydrogen-bond acceptors (Lipinski definition) is 6. The van der Waals surface area contributed by atoms with Crippen LogP contribution in [0.2, 0.25) is 0 Å². The molecule has 0 N–H and O–H groups in total. The summed E-state index contributed by atoms with van der Waals surface area (Å²) in [6.45, 7) is 0.